The van der Waals surface area contributed by atoms with Gasteiger partial charge in [0.15, 0.2) is 0 Å². The fraction of sp³-hybridized carbons (Fsp3) is 0.733. The van der Waals surface area contributed by atoms with Crippen molar-refractivity contribution in [3.63, 3.8) is 0 Å². The average Bonchev–Trinajstić information content (AvgIpc) is 2.88. The predicted molar refractivity (Wildman–Crippen MR) is 74.4 cm³/mol. The first-order chi connectivity index (χ1) is 8.60. The number of nitrogens with zero attached hydrogens (tertiary/aromatic N) is 1. The Morgan fingerprint density at radius 3 is 2.89 bits per heavy atom. The maximum absolute atomic E-state index is 5.91. The minimum absolute atomic E-state index is 0.799. The van der Waals surface area contributed by atoms with Crippen molar-refractivity contribution in [1.29, 1.82) is 0 Å². The van der Waals surface area contributed by atoms with Crippen molar-refractivity contribution in [1.82, 2.24) is 10.2 Å². The molecular weight excluding hydrogens is 224 g/mol. The second kappa shape index (κ2) is 5.89. The van der Waals surface area contributed by atoms with Crippen molar-refractivity contribution in [3.8, 4) is 0 Å². The summed E-state index contributed by atoms with van der Waals surface area (Å²) in [6.07, 6.45) is 1.33. The van der Waals surface area contributed by atoms with Gasteiger partial charge in [-0.05, 0) is 50.4 Å². The predicted octanol–water partition coefficient (Wildman–Crippen LogP) is 2.79. The highest BCUT2D eigenvalue weighted by atomic mass is 16.3. The Labute approximate surface area is 111 Å². The molecule has 3 nitrogen and oxygen atoms in total. The Kier molecular flexibility index (Phi) is 4.46. The van der Waals surface area contributed by atoms with E-state index in [0.29, 0.717) is 0 Å². The molecule has 3 heteroatoms. The second-order valence-corrected chi connectivity index (χ2v) is 5.88. The van der Waals surface area contributed by atoms with E-state index in [-0.39, 0.29) is 0 Å². The van der Waals surface area contributed by atoms with Crippen molar-refractivity contribution >= 4 is 0 Å². The molecule has 2 heterocycles. The molecule has 0 amide bonds. The van der Waals surface area contributed by atoms with E-state index in [9.17, 15) is 0 Å². The van der Waals surface area contributed by atoms with E-state index in [1.54, 1.807) is 0 Å². The molecule has 18 heavy (non-hydrogen) atoms. The molecule has 0 bridgehead atoms. The number of hydrogen-bond acceptors (Lipinski definition) is 3. The van der Waals surface area contributed by atoms with Gasteiger partial charge in [0.1, 0.15) is 11.5 Å². The van der Waals surface area contributed by atoms with Crippen LogP contribution in [0, 0.1) is 18.8 Å². The minimum atomic E-state index is 0.799. The Balaban J connectivity index is 1.92. The third-order valence-electron chi connectivity index (χ3n) is 4.04. The summed E-state index contributed by atoms with van der Waals surface area (Å²) in [7, 11) is 1.95. The van der Waals surface area contributed by atoms with Crippen LogP contribution < -0.4 is 5.32 Å². The van der Waals surface area contributed by atoms with Gasteiger partial charge in [0, 0.05) is 6.54 Å². The molecule has 0 aromatic carbocycles. The van der Waals surface area contributed by atoms with Gasteiger partial charge in [-0.25, -0.2) is 0 Å². The van der Waals surface area contributed by atoms with Crippen LogP contribution in [0.5, 0.6) is 0 Å². The summed E-state index contributed by atoms with van der Waals surface area (Å²) in [5.41, 5.74) is 1.26. The first kappa shape index (κ1) is 13.6. The van der Waals surface area contributed by atoms with Crippen LogP contribution in [-0.2, 0) is 13.1 Å². The third kappa shape index (κ3) is 3.15. The average molecular weight is 250 g/mol. The van der Waals surface area contributed by atoms with Gasteiger partial charge in [-0.1, -0.05) is 13.8 Å². The van der Waals surface area contributed by atoms with E-state index < -0.39 is 0 Å². The maximum Gasteiger partial charge on any atom is 0.120 e. The van der Waals surface area contributed by atoms with Gasteiger partial charge in [0.2, 0.25) is 0 Å². The molecule has 102 valence electrons. The van der Waals surface area contributed by atoms with E-state index in [1.807, 2.05) is 7.05 Å². The maximum atomic E-state index is 5.91. The standard InChI is InChI=1S/C15H26N2O/c1-11(2)13-5-6-17(9-13)10-14-7-12(3)15(18-14)8-16-4/h7,11,13,16H,5-6,8-10H2,1-4H3. The van der Waals surface area contributed by atoms with Crippen LogP contribution in [0.1, 0.15) is 37.4 Å². The fourth-order valence-electron chi connectivity index (χ4n) is 2.77. The summed E-state index contributed by atoms with van der Waals surface area (Å²) in [6.45, 7) is 11.0. The third-order valence-corrected chi connectivity index (χ3v) is 4.04. The molecule has 1 aromatic heterocycles. The van der Waals surface area contributed by atoms with E-state index in [0.717, 1.165) is 36.4 Å². The molecule has 0 radical (unpaired) electrons. The molecule has 1 unspecified atom stereocenters. The Morgan fingerprint density at radius 2 is 2.28 bits per heavy atom. The Morgan fingerprint density at radius 1 is 1.50 bits per heavy atom. The smallest absolute Gasteiger partial charge is 0.120 e. The molecule has 1 aromatic rings. The molecule has 1 fully saturated rings. The quantitative estimate of drug-likeness (QED) is 0.871. The molecule has 1 aliphatic heterocycles. The van der Waals surface area contributed by atoms with Crippen LogP contribution in [-0.4, -0.2) is 25.0 Å². The first-order valence-electron chi connectivity index (χ1n) is 7.05. The normalized spacial score (nSPS) is 21.1. The van der Waals surface area contributed by atoms with E-state index in [1.165, 1.54) is 25.1 Å². The number of hydrogen-bond donors (Lipinski definition) is 1. The number of nitrogens with one attached hydrogen (secondary N) is 1. The summed E-state index contributed by atoms with van der Waals surface area (Å²) in [4.78, 5) is 2.52. The zero-order valence-corrected chi connectivity index (χ0v) is 12.1. The second-order valence-electron chi connectivity index (χ2n) is 5.88. The highest BCUT2D eigenvalue weighted by molar-refractivity contribution is 5.20. The fourth-order valence-corrected chi connectivity index (χ4v) is 2.77. The lowest BCUT2D eigenvalue weighted by molar-refractivity contribution is 0.269. The zero-order chi connectivity index (χ0) is 13.1. The lowest BCUT2D eigenvalue weighted by Crippen LogP contribution is -2.21. The first-order valence-corrected chi connectivity index (χ1v) is 7.05. The van der Waals surface area contributed by atoms with Crippen LogP contribution in [0.2, 0.25) is 0 Å². The van der Waals surface area contributed by atoms with Gasteiger partial charge in [0.05, 0.1) is 13.1 Å². The van der Waals surface area contributed by atoms with Gasteiger partial charge in [-0.15, -0.1) is 0 Å². The van der Waals surface area contributed by atoms with Crippen LogP contribution in [0.25, 0.3) is 0 Å². The summed E-state index contributed by atoms with van der Waals surface area (Å²) in [5.74, 6) is 3.85. The molecule has 0 spiro atoms. The monoisotopic (exact) mass is 250 g/mol. The van der Waals surface area contributed by atoms with Crippen LogP contribution >= 0.6 is 0 Å². The summed E-state index contributed by atoms with van der Waals surface area (Å²) >= 11 is 0. The SMILES string of the molecule is CNCc1oc(CN2CCC(C(C)C)C2)cc1C. The van der Waals surface area contributed by atoms with E-state index >= 15 is 0 Å². The van der Waals surface area contributed by atoms with Gasteiger partial charge in [0.25, 0.3) is 0 Å². The van der Waals surface area contributed by atoms with E-state index in [4.69, 9.17) is 4.42 Å². The lowest BCUT2D eigenvalue weighted by atomic mass is 9.95. The van der Waals surface area contributed by atoms with Crippen LogP contribution in [0.15, 0.2) is 10.5 Å². The Bertz CT molecular complexity index is 384. The number of aryl methyl sites for hydroxylation is 1. The molecule has 0 aliphatic carbocycles. The van der Waals surface area contributed by atoms with Crippen molar-refractivity contribution in [2.45, 2.75) is 40.3 Å². The van der Waals surface area contributed by atoms with Crippen molar-refractivity contribution < 1.29 is 4.42 Å². The van der Waals surface area contributed by atoms with Gasteiger partial charge >= 0.3 is 0 Å². The van der Waals surface area contributed by atoms with Crippen LogP contribution in [0.3, 0.4) is 0 Å². The summed E-state index contributed by atoms with van der Waals surface area (Å²) in [5, 5.41) is 3.15. The van der Waals surface area contributed by atoms with Gasteiger partial charge in [-0.2, -0.15) is 0 Å². The summed E-state index contributed by atoms with van der Waals surface area (Å²) in [6, 6.07) is 2.19. The summed E-state index contributed by atoms with van der Waals surface area (Å²) < 4.78 is 5.91. The lowest BCUT2D eigenvalue weighted by Gasteiger charge is -2.16. The topological polar surface area (TPSA) is 28.4 Å². The Hall–Kier alpha value is -0.800. The van der Waals surface area contributed by atoms with Crippen molar-refractivity contribution in [3.05, 3.63) is 23.2 Å². The van der Waals surface area contributed by atoms with Crippen LogP contribution in [0.4, 0.5) is 0 Å². The molecule has 1 N–H and O–H groups in total. The van der Waals surface area contributed by atoms with Crippen molar-refractivity contribution in [2.24, 2.45) is 11.8 Å². The number of rotatable bonds is 5. The number of likely N-dealkylation sites (tertiary alicyclic amines) is 1. The van der Waals surface area contributed by atoms with Gasteiger partial charge in [-0.3, -0.25) is 4.90 Å². The molecule has 1 saturated heterocycles. The largest absolute Gasteiger partial charge is 0.463 e. The zero-order valence-electron chi connectivity index (χ0n) is 12.1. The molecular formula is C15H26N2O. The molecule has 2 rings (SSSR count). The highest BCUT2D eigenvalue weighted by Gasteiger charge is 2.25. The van der Waals surface area contributed by atoms with Crippen molar-refractivity contribution in [2.75, 3.05) is 20.1 Å². The minimum Gasteiger partial charge on any atom is -0.463 e. The van der Waals surface area contributed by atoms with Gasteiger partial charge < -0.3 is 9.73 Å². The molecule has 1 aliphatic rings. The highest BCUT2D eigenvalue weighted by Crippen LogP contribution is 2.25. The molecule has 1 atom stereocenters. The van der Waals surface area contributed by atoms with E-state index in [2.05, 4.69) is 37.1 Å². The molecule has 0 saturated carbocycles. The number of furan rings is 1.